The quantitative estimate of drug-likeness (QED) is 0.0261. The van der Waals surface area contributed by atoms with Gasteiger partial charge in [0.25, 0.3) is 0 Å². The van der Waals surface area contributed by atoms with E-state index in [2.05, 4.69) is 79.9 Å². The molecule has 0 aromatic carbocycles. The number of nitrogens with one attached hydrogen (secondary N) is 1. The molecule has 1 amide bonds. The van der Waals surface area contributed by atoms with Crippen molar-refractivity contribution in [1.29, 1.82) is 0 Å². The average molecular weight is 1050 g/mol. The fourth-order valence-corrected chi connectivity index (χ4v) is 9.73. The fourth-order valence-electron chi connectivity index (χ4n) is 9.73. The monoisotopic (exact) mass is 1050 g/mol. The second-order valence-corrected chi connectivity index (χ2v) is 21.8. The highest BCUT2D eigenvalue weighted by Gasteiger charge is 2.44. The van der Waals surface area contributed by atoms with Gasteiger partial charge in [-0.1, -0.05) is 267 Å². The molecule has 1 aliphatic heterocycles. The molecule has 9 heteroatoms. The van der Waals surface area contributed by atoms with Crippen LogP contribution in [0.1, 0.15) is 284 Å². The minimum Gasteiger partial charge on any atom is -0.394 e. The second kappa shape index (κ2) is 55.0. The molecule has 0 aliphatic carbocycles. The smallest absolute Gasteiger partial charge is 0.220 e. The summed E-state index contributed by atoms with van der Waals surface area (Å²) in [6.07, 6.45) is 69.8. The van der Waals surface area contributed by atoms with E-state index < -0.39 is 49.5 Å². The van der Waals surface area contributed by atoms with Crippen LogP contribution in [0.5, 0.6) is 0 Å². The van der Waals surface area contributed by atoms with E-state index >= 15 is 0 Å². The first-order chi connectivity index (χ1) is 36.8. The molecular weight excluding hydrogens is 935 g/mol. The van der Waals surface area contributed by atoms with Crippen molar-refractivity contribution in [2.24, 2.45) is 0 Å². The lowest BCUT2D eigenvalue weighted by molar-refractivity contribution is -0.302. The van der Waals surface area contributed by atoms with Gasteiger partial charge in [0.05, 0.1) is 25.4 Å². The van der Waals surface area contributed by atoms with E-state index in [1.807, 2.05) is 6.08 Å². The summed E-state index contributed by atoms with van der Waals surface area (Å²) < 4.78 is 11.3. The molecule has 75 heavy (non-hydrogen) atoms. The van der Waals surface area contributed by atoms with E-state index in [1.165, 1.54) is 193 Å². The number of unbranched alkanes of at least 4 members (excludes halogenated alkanes) is 34. The van der Waals surface area contributed by atoms with Crippen LogP contribution in [0.2, 0.25) is 0 Å². The van der Waals surface area contributed by atoms with Gasteiger partial charge in [-0.05, 0) is 83.5 Å². The van der Waals surface area contributed by atoms with Crippen LogP contribution in [0, 0.1) is 0 Å². The van der Waals surface area contributed by atoms with Crippen LogP contribution in [0.15, 0.2) is 72.9 Å². The van der Waals surface area contributed by atoms with Crippen molar-refractivity contribution in [2.75, 3.05) is 13.2 Å². The van der Waals surface area contributed by atoms with Gasteiger partial charge < -0.3 is 40.3 Å². The van der Waals surface area contributed by atoms with Crippen molar-refractivity contribution in [3.05, 3.63) is 72.9 Å². The van der Waals surface area contributed by atoms with Crippen molar-refractivity contribution < 1.29 is 39.8 Å². The van der Waals surface area contributed by atoms with Crippen LogP contribution in [0.3, 0.4) is 0 Å². The van der Waals surface area contributed by atoms with Crippen molar-refractivity contribution in [2.45, 2.75) is 326 Å². The van der Waals surface area contributed by atoms with Crippen LogP contribution >= 0.6 is 0 Å². The lowest BCUT2D eigenvalue weighted by atomic mass is 9.99. The Bertz CT molecular complexity index is 1410. The number of aliphatic hydroxyl groups is 5. The predicted octanol–water partition coefficient (Wildman–Crippen LogP) is 16.4. The van der Waals surface area contributed by atoms with Gasteiger partial charge in [-0.25, -0.2) is 0 Å². The maximum atomic E-state index is 13.1. The second-order valence-electron chi connectivity index (χ2n) is 21.8. The van der Waals surface area contributed by atoms with E-state index in [4.69, 9.17) is 9.47 Å². The number of hydrogen-bond donors (Lipinski definition) is 6. The number of hydrogen-bond acceptors (Lipinski definition) is 8. The first-order valence-corrected chi connectivity index (χ1v) is 31.7. The molecule has 0 aromatic heterocycles. The van der Waals surface area contributed by atoms with Crippen molar-refractivity contribution in [3.8, 4) is 0 Å². The summed E-state index contributed by atoms with van der Waals surface area (Å²) in [5.41, 5.74) is 0. The largest absolute Gasteiger partial charge is 0.394 e. The first-order valence-electron chi connectivity index (χ1n) is 31.7. The van der Waals surface area contributed by atoms with Crippen LogP contribution < -0.4 is 5.32 Å². The molecule has 6 N–H and O–H groups in total. The maximum absolute atomic E-state index is 13.1. The Balaban J connectivity index is 2.24. The highest BCUT2D eigenvalue weighted by Crippen LogP contribution is 2.23. The fraction of sp³-hybridized carbons (Fsp3) is 0.803. The van der Waals surface area contributed by atoms with Gasteiger partial charge in [0.1, 0.15) is 24.4 Å². The molecule has 0 radical (unpaired) electrons. The summed E-state index contributed by atoms with van der Waals surface area (Å²) in [5, 5.41) is 54.6. The molecule has 1 heterocycles. The van der Waals surface area contributed by atoms with E-state index in [9.17, 15) is 30.3 Å². The van der Waals surface area contributed by atoms with Gasteiger partial charge in [-0.2, -0.15) is 0 Å². The van der Waals surface area contributed by atoms with E-state index in [0.29, 0.717) is 6.42 Å². The third-order valence-corrected chi connectivity index (χ3v) is 14.7. The van der Waals surface area contributed by atoms with Crippen LogP contribution in [0.25, 0.3) is 0 Å². The predicted molar refractivity (Wildman–Crippen MR) is 318 cm³/mol. The normalized spacial score (nSPS) is 19.4. The molecule has 1 saturated heterocycles. The number of carbonyl (C=O) groups is 1. The third kappa shape index (κ3) is 44.2. The first kappa shape index (κ1) is 70.6. The molecule has 0 saturated carbocycles. The van der Waals surface area contributed by atoms with Gasteiger partial charge in [0, 0.05) is 6.42 Å². The lowest BCUT2D eigenvalue weighted by Gasteiger charge is -2.40. The average Bonchev–Trinajstić information content (AvgIpc) is 3.41. The van der Waals surface area contributed by atoms with Gasteiger partial charge in [-0.3, -0.25) is 4.79 Å². The molecule has 0 bridgehead atoms. The minimum absolute atomic E-state index is 0.195. The summed E-state index contributed by atoms with van der Waals surface area (Å²) in [5.74, 6) is -0.195. The number of carbonyl (C=O) groups excluding carboxylic acids is 1. The zero-order valence-corrected chi connectivity index (χ0v) is 48.5. The van der Waals surface area contributed by atoms with Gasteiger partial charge in [-0.15, -0.1) is 0 Å². The maximum Gasteiger partial charge on any atom is 0.220 e. The molecule has 1 aliphatic rings. The van der Waals surface area contributed by atoms with Crippen LogP contribution in [-0.2, 0) is 14.3 Å². The van der Waals surface area contributed by atoms with Crippen molar-refractivity contribution >= 4 is 5.91 Å². The number of allylic oxidation sites excluding steroid dienone is 11. The van der Waals surface area contributed by atoms with E-state index in [0.717, 1.165) is 70.6 Å². The summed E-state index contributed by atoms with van der Waals surface area (Å²) in [6.45, 7) is 3.77. The molecule has 1 rings (SSSR count). The Hall–Kier alpha value is -2.37. The molecule has 0 aromatic rings. The molecule has 1 fully saturated rings. The summed E-state index contributed by atoms with van der Waals surface area (Å²) in [7, 11) is 0. The zero-order valence-electron chi connectivity index (χ0n) is 48.5. The molecule has 9 nitrogen and oxygen atoms in total. The summed E-state index contributed by atoms with van der Waals surface area (Å²) in [4.78, 5) is 13.1. The third-order valence-electron chi connectivity index (χ3n) is 14.7. The topological polar surface area (TPSA) is 149 Å². The van der Waals surface area contributed by atoms with Crippen molar-refractivity contribution in [3.63, 3.8) is 0 Å². The highest BCUT2D eigenvalue weighted by molar-refractivity contribution is 5.76. The number of ether oxygens (including phenoxy) is 2. The standard InChI is InChI=1S/C66H119NO8/c1-3-5-7-9-11-13-15-17-19-21-23-25-27-29-30-32-33-35-37-39-41-43-45-47-49-51-53-55-60(69)59(58-74-66-65(73)64(72)63(71)61(57-68)75-66)67-62(70)56-54-52-50-48-46-44-42-40-38-36-34-31-28-26-24-22-20-18-16-14-12-10-8-6-4-2/h16,18,22,24,28,31,37,39,45,47,53,55,59-61,63-66,68-69,71-73H,3-15,17,19-21,23,25-27,29-30,32-36,38,40-44,46,48-52,54,56-58H2,1-2H3,(H,67,70)/b18-16-,24-22-,31-28-,39-37+,47-45+,55-53+. The molecule has 7 atom stereocenters. The molecular formula is C66H119NO8. The van der Waals surface area contributed by atoms with Gasteiger partial charge >= 0.3 is 0 Å². The number of rotatable bonds is 54. The Morgan fingerprint density at radius 2 is 0.800 bits per heavy atom. The van der Waals surface area contributed by atoms with Crippen LogP contribution in [0.4, 0.5) is 0 Å². The number of amides is 1. The molecule has 0 spiro atoms. The summed E-state index contributed by atoms with van der Waals surface area (Å²) in [6, 6.07) is -0.835. The Labute approximate surface area is 461 Å². The Morgan fingerprint density at radius 1 is 0.453 bits per heavy atom. The Morgan fingerprint density at radius 3 is 1.21 bits per heavy atom. The summed E-state index contributed by atoms with van der Waals surface area (Å²) >= 11 is 0. The number of aliphatic hydroxyl groups excluding tert-OH is 5. The minimum atomic E-state index is -1.58. The van der Waals surface area contributed by atoms with Crippen LogP contribution in [-0.4, -0.2) is 87.5 Å². The van der Waals surface area contributed by atoms with E-state index in [-0.39, 0.29) is 12.5 Å². The van der Waals surface area contributed by atoms with Gasteiger partial charge in [0.15, 0.2) is 6.29 Å². The zero-order chi connectivity index (χ0) is 54.3. The highest BCUT2D eigenvalue weighted by atomic mass is 16.7. The Kier molecular flexibility index (Phi) is 51.8. The van der Waals surface area contributed by atoms with Gasteiger partial charge in [0.2, 0.25) is 5.91 Å². The molecule has 7 unspecified atom stereocenters. The lowest BCUT2D eigenvalue weighted by Crippen LogP contribution is -2.60. The molecule has 436 valence electrons. The van der Waals surface area contributed by atoms with Crippen molar-refractivity contribution in [1.82, 2.24) is 5.32 Å². The van der Waals surface area contributed by atoms with E-state index in [1.54, 1.807) is 6.08 Å². The SMILES string of the molecule is CCCCCCC/C=C\C/C=C\C/C=C\CCCCCCCCCCCCC(=O)NC(COC1OC(CO)C(O)C(O)C1O)C(O)/C=C/CC/C=C/CC/C=C/CCCCCCCCCCCCCCCCCCC.